The summed E-state index contributed by atoms with van der Waals surface area (Å²) in [7, 11) is -3.39. The number of hydrogen-bond donors (Lipinski definition) is 2. The van der Waals surface area contributed by atoms with Crippen LogP contribution in [0.3, 0.4) is 0 Å². The number of furan rings is 1. The molecule has 4 heterocycles. The molecule has 3 aromatic heterocycles. The fourth-order valence-corrected chi connectivity index (χ4v) is 5.43. The Morgan fingerprint density at radius 3 is 2.69 bits per heavy atom. The van der Waals surface area contributed by atoms with E-state index in [4.69, 9.17) is 16.6 Å². The number of sulfonamides is 1. The SMILES string of the molecule is Cc1cc(N2C(=S)N[C@@H](c3ccccn3)[C@@H]2c2cccn2Cc2ccco2)ccc1NS(C)(=O)=O. The van der Waals surface area contributed by atoms with Gasteiger partial charge in [0.05, 0.1) is 36.5 Å². The quantitative estimate of drug-likeness (QED) is 0.359. The smallest absolute Gasteiger partial charge is 0.229 e. The topological polar surface area (TPSA) is 92.4 Å². The molecule has 1 saturated heterocycles. The normalized spacial score (nSPS) is 18.0. The summed E-state index contributed by atoms with van der Waals surface area (Å²) in [5.41, 5.74) is 4.10. The van der Waals surface area contributed by atoms with Gasteiger partial charge in [0.1, 0.15) is 11.8 Å². The van der Waals surface area contributed by atoms with Crippen molar-refractivity contribution in [1.29, 1.82) is 0 Å². The molecule has 1 aromatic carbocycles. The predicted molar refractivity (Wildman–Crippen MR) is 140 cm³/mol. The van der Waals surface area contributed by atoms with Crippen LogP contribution in [0.2, 0.25) is 0 Å². The van der Waals surface area contributed by atoms with Crippen LogP contribution in [0.5, 0.6) is 0 Å². The summed E-state index contributed by atoms with van der Waals surface area (Å²) < 4.78 is 33.8. The lowest BCUT2D eigenvalue weighted by molar-refractivity contribution is 0.475. The van der Waals surface area contributed by atoms with E-state index in [0.29, 0.717) is 17.3 Å². The molecule has 35 heavy (non-hydrogen) atoms. The first-order valence-electron chi connectivity index (χ1n) is 11.1. The standard InChI is InChI=1S/C25H25N5O3S2/c1-17-15-18(10-11-20(17)28-35(2,31)32)30-24(23(27-25(30)34)21-8-3-4-12-26-21)22-9-5-13-29(22)16-19-7-6-14-33-19/h3-15,23-24,28H,16H2,1-2H3,(H,27,34)/t23-,24-/m0/s1. The van der Waals surface area contributed by atoms with Gasteiger partial charge in [0.2, 0.25) is 10.0 Å². The van der Waals surface area contributed by atoms with Crippen molar-refractivity contribution in [2.24, 2.45) is 0 Å². The van der Waals surface area contributed by atoms with Crippen LogP contribution in [0, 0.1) is 6.92 Å². The van der Waals surface area contributed by atoms with Crippen LogP contribution in [-0.4, -0.2) is 29.3 Å². The summed E-state index contributed by atoms with van der Waals surface area (Å²) in [6, 6.07) is 19.0. The van der Waals surface area contributed by atoms with E-state index < -0.39 is 10.0 Å². The fraction of sp³-hybridized carbons (Fsp3) is 0.200. The Hall–Kier alpha value is -3.63. The highest BCUT2D eigenvalue weighted by atomic mass is 32.2. The predicted octanol–water partition coefficient (Wildman–Crippen LogP) is 4.38. The summed E-state index contributed by atoms with van der Waals surface area (Å²) in [6.07, 6.45) is 6.61. The molecule has 0 radical (unpaired) electrons. The van der Waals surface area contributed by atoms with Crippen LogP contribution < -0.4 is 14.9 Å². The Kier molecular flexibility index (Phi) is 6.08. The third-order valence-corrected chi connectivity index (χ3v) is 6.86. The second-order valence-electron chi connectivity index (χ2n) is 8.51. The lowest BCUT2D eigenvalue weighted by Gasteiger charge is -2.29. The third-order valence-electron chi connectivity index (χ3n) is 5.96. The lowest BCUT2D eigenvalue weighted by Crippen LogP contribution is -2.30. The first kappa shape index (κ1) is 23.1. The van der Waals surface area contributed by atoms with E-state index >= 15 is 0 Å². The van der Waals surface area contributed by atoms with E-state index in [1.165, 1.54) is 0 Å². The Bertz CT molecular complexity index is 1450. The highest BCUT2D eigenvalue weighted by molar-refractivity contribution is 7.92. The van der Waals surface area contributed by atoms with Crippen molar-refractivity contribution in [3.05, 3.63) is 102 Å². The van der Waals surface area contributed by atoms with E-state index in [0.717, 1.165) is 34.7 Å². The summed E-state index contributed by atoms with van der Waals surface area (Å²) in [5, 5.41) is 4.03. The molecule has 2 N–H and O–H groups in total. The van der Waals surface area contributed by atoms with Crippen molar-refractivity contribution in [3.63, 3.8) is 0 Å². The fourth-order valence-electron chi connectivity index (χ4n) is 4.46. The number of benzene rings is 1. The minimum Gasteiger partial charge on any atom is -0.467 e. The number of nitrogens with zero attached hydrogens (tertiary/aromatic N) is 3. The minimum atomic E-state index is -3.39. The molecule has 1 aliphatic rings. The molecule has 4 aromatic rings. The molecule has 0 bridgehead atoms. The second kappa shape index (κ2) is 9.20. The zero-order chi connectivity index (χ0) is 24.6. The van der Waals surface area contributed by atoms with Gasteiger partial charge in [-0.15, -0.1) is 0 Å². The van der Waals surface area contributed by atoms with E-state index in [1.807, 2.05) is 61.7 Å². The maximum atomic E-state index is 11.8. The number of hydrogen-bond acceptors (Lipinski definition) is 5. The van der Waals surface area contributed by atoms with Crippen LogP contribution in [0.4, 0.5) is 11.4 Å². The lowest BCUT2D eigenvalue weighted by atomic mass is 10.0. The number of anilines is 2. The number of rotatable bonds is 7. The van der Waals surface area contributed by atoms with Gasteiger partial charge in [0.15, 0.2) is 5.11 Å². The van der Waals surface area contributed by atoms with E-state index in [2.05, 4.69) is 30.6 Å². The van der Waals surface area contributed by atoms with Gasteiger partial charge < -0.3 is 19.2 Å². The van der Waals surface area contributed by atoms with Gasteiger partial charge in [-0.3, -0.25) is 9.71 Å². The number of nitrogens with one attached hydrogen (secondary N) is 2. The average Bonchev–Trinajstić information content (AvgIpc) is 3.56. The molecule has 0 spiro atoms. The third kappa shape index (κ3) is 4.80. The van der Waals surface area contributed by atoms with E-state index in [1.54, 1.807) is 18.5 Å². The molecule has 8 nitrogen and oxygen atoms in total. The first-order chi connectivity index (χ1) is 16.8. The highest BCUT2D eigenvalue weighted by Gasteiger charge is 2.42. The molecule has 1 aliphatic heterocycles. The summed E-state index contributed by atoms with van der Waals surface area (Å²) in [6.45, 7) is 2.45. The molecule has 180 valence electrons. The summed E-state index contributed by atoms with van der Waals surface area (Å²) >= 11 is 5.82. The van der Waals surface area contributed by atoms with Crippen molar-refractivity contribution in [2.45, 2.75) is 25.6 Å². The zero-order valence-corrected chi connectivity index (χ0v) is 20.9. The van der Waals surface area contributed by atoms with Crippen molar-refractivity contribution < 1.29 is 12.8 Å². The monoisotopic (exact) mass is 507 g/mol. The Morgan fingerprint density at radius 1 is 1.14 bits per heavy atom. The molecular weight excluding hydrogens is 482 g/mol. The largest absolute Gasteiger partial charge is 0.467 e. The number of aromatic nitrogens is 2. The van der Waals surface area contributed by atoms with Gasteiger partial charge in [-0.1, -0.05) is 6.07 Å². The van der Waals surface area contributed by atoms with Crippen LogP contribution in [0.15, 0.2) is 83.7 Å². The Morgan fingerprint density at radius 2 is 2.00 bits per heavy atom. The highest BCUT2D eigenvalue weighted by Crippen LogP contribution is 2.42. The van der Waals surface area contributed by atoms with Gasteiger partial charge in [-0.2, -0.15) is 0 Å². The van der Waals surface area contributed by atoms with Gasteiger partial charge in [-0.05, 0) is 79.3 Å². The summed E-state index contributed by atoms with van der Waals surface area (Å²) in [5.74, 6) is 0.851. The van der Waals surface area contributed by atoms with Crippen LogP contribution in [0.25, 0.3) is 0 Å². The summed E-state index contributed by atoms with van der Waals surface area (Å²) in [4.78, 5) is 6.68. The molecule has 0 amide bonds. The zero-order valence-electron chi connectivity index (χ0n) is 19.3. The maximum Gasteiger partial charge on any atom is 0.229 e. The van der Waals surface area contributed by atoms with Gasteiger partial charge >= 0.3 is 0 Å². The second-order valence-corrected chi connectivity index (χ2v) is 10.6. The van der Waals surface area contributed by atoms with E-state index in [9.17, 15) is 8.42 Å². The molecule has 0 unspecified atom stereocenters. The van der Waals surface area contributed by atoms with Crippen molar-refractivity contribution in [2.75, 3.05) is 15.9 Å². The molecular formula is C25H25N5O3S2. The average molecular weight is 508 g/mol. The minimum absolute atomic E-state index is 0.192. The number of thiocarbonyl (C=S) groups is 1. The first-order valence-corrected chi connectivity index (χ1v) is 13.4. The van der Waals surface area contributed by atoms with Crippen LogP contribution >= 0.6 is 12.2 Å². The van der Waals surface area contributed by atoms with Gasteiger partial charge in [-0.25, -0.2) is 8.42 Å². The maximum absolute atomic E-state index is 11.8. The van der Waals surface area contributed by atoms with Crippen LogP contribution in [0.1, 0.15) is 34.8 Å². The number of aryl methyl sites for hydroxylation is 1. The molecule has 1 fully saturated rings. The van der Waals surface area contributed by atoms with E-state index in [-0.39, 0.29) is 12.1 Å². The molecule has 0 aliphatic carbocycles. The van der Waals surface area contributed by atoms with Crippen molar-refractivity contribution >= 4 is 38.7 Å². The Balaban J connectivity index is 1.58. The molecule has 2 atom stereocenters. The Labute approximate surface area is 209 Å². The molecule has 0 saturated carbocycles. The van der Waals surface area contributed by atoms with Crippen LogP contribution in [-0.2, 0) is 16.6 Å². The molecule has 5 rings (SSSR count). The van der Waals surface area contributed by atoms with Crippen molar-refractivity contribution in [3.8, 4) is 0 Å². The number of pyridine rings is 1. The molecule has 10 heteroatoms. The van der Waals surface area contributed by atoms with Gasteiger partial charge in [0.25, 0.3) is 0 Å². The van der Waals surface area contributed by atoms with Gasteiger partial charge in [0, 0.05) is 23.8 Å². The van der Waals surface area contributed by atoms with Crippen molar-refractivity contribution in [1.82, 2.24) is 14.9 Å².